The molecule has 0 aliphatic carbocycles. The molecule has 2 aromatic carbocycles. The molecule has 0 amide bonds. The SMILES string of the molecule is COc1ccc(-c2nc(CSc3nnnn3-c3ccc(C)cc3)no2)cc1. The molecule has 0 atom stereocenters. The van der Waals surface area contributed by atoms with Crippen LogP contribution in [0.15, 0.2) is 58.2 Å². The van der Waals surface area contributed by atoms with Crippen molar-refractivity contribution < 1.29 is 9.26 Å². The lowest BCUT2D eigenvalue weighted by Gasteiger charge is -2.03. The summed E-state index contributed by atoms with van der Waals surface area (Å²) < 4.78 is 12.2. The average molecular weight is 380 g/mol. The zero-order valence-corrected chi connectivity index (χ0v) is 15.6. The van der Waals surface area contributed by atoms with Gasteiger partial charge in [0.2, 0.25) is 5.16 Å². The van der Waals surface area contributed by atoms with Gasteiger partial charge in [0.1, 0.15) is 5.75 Å². The summed E-state index contributed by atoms with van der Waals surface area (Å²) in [5.74, 6) is 2.30. The highest BCUT2D eigenvalue weighted by molar-refractivity contribution is 7.98. The van der Waals surface area contributed by atoms with Gasteiger partial charge in [-0.25, -0.2) is 0 Å². The molecular formula is C18H16N6O2S. The monoisotopic (exact) mass is 380 g/mol. The number of methoxy groups -OCH3 is 1. The summed E-state index contributed by atoms with van der Waals surface area (Å²) in [5, 5.41) is 16.6. The number of ether oxygens (including phenoxy) is 1. The zero-order chi connectivity index (χ0) is 18.6. The molecule has 4 rings (SSSR count). The van der Waals surface area contributed by atoms with E-state index in [0.29, 0.717) is 22.6 Å². The number of thioether (sulfide) groups is 1. The van der Waals surface area contributed by atoms with Crippen molar-refractivity contribution in [2.75, 3.05) is 7.11 Å². The summed E-state index contributed by atoms with van der Waals surface area (Å²) in [6, 6.07) is 15.4. The molecular weight excluding hydrogens is 364 g/mol. The summed E-state index contributed by atoms with van der Waals surface area (Å²) in [6.07, 6.45) is 0. The summed E-state index contributed by atoms with van der Waals surface area (Å²) >= 11 is 1.44. The minimum absolute atomic E-state index is 0.464. The van der Waals surface area contributed by atoms with Crippen molar-refractivity contribution in [1.29, 1.82) is 0 Å². The Morgan fingerprint density at radius 2 is 1.85 bits per heavy atom. The van der Waals surface area contributed by atoms with Gasteiger partial charge in [0, 0.05) is 5.56 Å². The van der Waals surface area contributed by atoms with Crippen LogP contribution in [0.2, 0.25) is 0 Å². The molecule has 4 aromatic rings. The topological polar surface area (TPSA) is 91.8 Å². The van der Waals surface area contributed by atoms with E-state index in [1.807, 2.05) is 55.5 Å². The first kappa shape index (κ1) is 17.2. The highest BCUT2D eigenvalue weighted by atomic mass is 32.2. The molecule has 0 N–H and O–H groups in total. The summed E-state index contributed by atoms with van der Waals surface area (Å²) in [4.78, 5) is 4.43. The van der Waals surface area contributed by atoms with Crippen LogP contribution >= 0.6 is 11.8 Å². The van der Waals surface area contributed by atoms with Gasteiger partial charge in [-0.1, -0.05) is 34.6 Å². The lowest BCUT2D eigenvalue weighted by molar-refractivity contribution is 0.414. The Bertz CT molecular complexity index is 1030. The normalized spacial score (nSPS) is 10.9. The largest absolute Gasteiger partial charge is 0.497 e. The summed E-state index contributed by atoms with van der Waals surface area (Å²) in [7, 11) is 1.63. The van der Waals surface area contributed by atoms with Gasteiger partial charge in [0.15, 0.2) is 5.82 Å². The van der Waals surface area contributed by atoms with E-state index in [9.17, 15) is 0 Å². The highest BCUT2D eigenvalue weighted by Crippen LogP contribution is 2.24. The smallest absolute Gasteiger partial charge is 0.257 e. The first-order valence-corrected chi connectivity index (χ1v) is 9.17. The predicted octanol–water partition coefficient (Wildman–Crippen LogP) is 3.32. The number of hydrogen-bond acceptors (Lipinski definition) is 8. The van der Waals surface area contributed by atoms with Gasteiger partial charge in [-0.15, -0.1) is 5.10 Å². The number of benzene rings is 2. The van der Waals surface area contributed by atoms with Crippen molar-refractivity contribution in [2.45, 2.75) is 17.8 Å². The fourth-order valence-electron chi connectivity index (χ4n) is 2.41. The van der Waals surface area contributed by atoms with Crippen molar-refractivity contribution in [3.8, 4) is 22.9 Å². The third-order valence-corrected chi connectivity index (χ3v) is 4.77. The second-order valence-electron chi connectivity index (χ2n) is 5.74. The van der Waals surface area contributed by atoms with E-state index in [1.165, 1.54) is 17.3 Å². The molecule has 0 bridgehead atoms. The molecule has 0 radical (unpaired) electrons. The van der Waals surface area contributed by atoms with Crippen LogP contribution in [-0.4, -0.2) is 37.5 Å². The van der Waals surface area contributed by atoms with Crippen LogP contribution in [0.3, 0.4) is 0 Å². The standard InChI is InChI=1S/C18H16N6O2S/c1-12-3-7-14(8-4-12)24-18(20-22-23-24)27-11-16-19-17(26-21-16)13-5-9-15(25-2)10-6-13/h3-10H,11H2,1-2H3. The van der Waals surface area contributed by atoms with E-state index < -0.39 is 0 Å². The second-order valence-corrected chi connectivity index (χ2v) is 6.68. The minimum atomic E-state index is 0.464. The molecule has 136 valence electrons. The molecule has 2 aromatic heterocycles. The molecule has 0 saturated carbocycles. The van der Waals surface area contributed by atoms with Gasteiger partial charge in [0.25, 0.3) is 5.89 Å². The van der Waals surface area contributed by atoms with Gasteiger partial charge >= 0.3 is 0 Å². The first-order chi connectivity index (χ1) is 13.2. The lowest BCUT2D eigenvalue weighted by Crippen LogP contribution is -1.99. The van der Waals surface area contributed by atoms with Gasteiger partial charge in [0.05, 0.1) is 18.6 Å². The van der Waals surface area contributed by atoms with Crippen LogP contribution in [0, 0.1) is 6.92 Å². The number of hydrogen-bond donors (Lipinski definition) is 0. The molecule has 27 heavy (non-hydrogen) atoms. The Kier molecular flexibility index (Phi) is 4.84. The average Bonchev–Trinajstić information content (AvgIpc) is 3.36. The van der Waals surface area contributed by atoms with Gasteiger partial charge in [-0.3, -0.25) is 0 Å². The van der Waals surface area contributed by atoms with E-state index in [0.717, 1.165) is 17.0 Å². The van der Waals surface area contributed by atoms with Crippen LogP contribution in [0.5, 0.6) is 5.75 Å². The lowest BCUT2D eigenvalue weighted by atomic mass is 10.2. The second kappa shape index (κ2) is 7.58. The Labute approximate surface area is 159 Å². The Morgan fingerprint density at radius 1 is 1.07 bits per heavy atom. The predicted molar refractivity (Wildman–Crippen MR) is 99.7 cm³/mol. The van der Waals surface area contributed by atoms with E-state index in [4.69, 9.17) is 9.26 Å². The van der Waals surface area contributed by atoms with Crippen molar-refractivity contribution in [3.05, 3.63) is 59.9 Å². The van der Waals surface area contributed by atoms with Crippen molar-refractivity contribution >= 4 is 11.8 Å². The molecule has 0 fully saturated rings. The number of aryl methyl sites for hydroxylation is 1. The van der Waals surface area contributed by atoms with Crippen molar-refractivity contribution in [2.24, 2.45) is 0 Å². The number of rotatable bonds is 6. The minimum Gasteiger partial charge on any atom is -0.497 e. The Balaban J connectivity index is 1.46. The number of aromatic nitrogens is 6. The van der Waals surface area contributed by atoms with Crippen LogP contribution in [0.25, 0.3) is 17.1 Å². The fraction of sp³-hybridized carbons (Fsp3) is 0.167. The van der Waals surface area contributed by atoms with Crippen LogP contribution in [-0.2, 0) is 5.75 Å². The highest BCUT2D eigenvalue weighted by Gasteiger charge is 2.13. The van der Waals surface area contributed by atoms with Crippen molar-refractivity contribution in [3.63, 3.8) is 0 Å². The molecule has 2 heterocycles. The first-order valence-electron chi connectivity index (χ1n) is 8.18. The maximum absolute atomic E-state index is 5.35. The molecule has 0 aliphatic rings. The molecule has 9 heteroatoms. The third kappa shape index (κ3) is 3.82. The van der Waals surface area contributed by atoms with Crippen LogP contribution in [0.4, 0.5) is 0 Å². The van der Waals surface area contributed by atoms with Gasteiger partial charge in [-0.05, 0) is 53.7 Å². The fourth-order valence-corrected chi connectivity index (χ4v) is 3.14. The Morgan fingerprint density at radius 3 is 2.59 bits per heavy atom. The van der Waals surface area contributed by atoms with Crippen LogP contribution < -0.4 is 4.74 Å². The Hall–Kier alpha value is -3.20. The quantitative estimate of drug-likeness (QED) is 0.470. The van der Waals surface area contributed by atoms with E-state index in [2.05, 4.69) is 25.7 Å². The summed E-state index contributed by atoms with van der Waals surface area (Å²) in [6.45, 7) is 2.04. The zero-order valence-electron chi connectivity index (χ0n) is 14.7. The maximum atomic E-state index is 5.35. The van der Waals surface area contributed by atoms with Crippen molar-refractivity contribution in [1.82, 2.24) is 30.3 Å². The summed E-state index contributed by atoms with van der Waals surface area (Å²) in [5.41, 5.74) is 2.92. The molecule has 8 nitrogen and oxygen atoms in total. The number of tetrazole rings is 1. The maximum Gasteiger partial charge on any atom is 0.257 e. The molecule has 0 spiro atoms. The van der Waals surface area contributed by atoms with Gasteiger partial charge in [-0.2, -0.15) is 9.67 Å². The molecule has 0 saturated heterocycles. The van der Waals surface area contributed by atoms with Crippen LogP contribution in [0.1, 0.15) is 11.4 Å². The molecule has 0 unspecified atom stereocenters. The van der Waals surface area contributed by atoms with Gasteiger partial charge < -0.3 is 9.26 Å². The molecule has 0 aliphatic heterocycles. The van der Waals surface area contributed by atoms with E-state index >= 15 is 0 Å². The number of nitrogens with zero attached hydrogens (tertiary/aromatic N) is 6. The van der Waals surface area contributed by atoms with E-state index in [1.54, 1.807) is 11.8 Å². The third-order valence-electron chi connectivity index (χ3n) is 3.85. The van der Waals surface area contributed by atoms with E-state index in [-0.39, 0.29) is 0 Å².